The second-order valence-corrected chi connectivity index (χ2v) is 11.9. The summed E-state index contributed by atoms with van der Waals surface area (Å²) in [5, 5.41) is 7.15. The number of benzene rings is 4. The summed E-state index contributed by atoms with van der Waals surface area (Å²) in [5.41, 5.74) is 5.74. The van der Waals surface area contributed by atoms with E-state index >= 15 is 0 Å². The SMILES string of the molecule is Cc1ccc(S(=O)(=O)N(CC(=O)N/N=C\c2ccc(OCC(=O)NCc3ccccc3)cc2)c2cccc(Cl)c2C)cc1. The number of hydrogen-bond acceptors (Lipinski definition) is 6. The predicted molar refractivity (Wildman–Crippen MR) is 168 cm³/mol. The van der Waals surface area contributed by atoms with E-state index in [1.165, 1.54) is 18.3 Å². The van der Waals surface area contributed by atoms with Gasteiger partial charge in [0.15, 0.2) is 6.61 Å². The van der Waals surface area contributed by atoms with Crippen LogP contribution in [-0.2, 0) is 26.2 Å². The number of nitrogens with zero attached hydrogens (tertiary/aromatic N) is 2. The molecule has 0 radical (unpaired) electrons. The first-order valence-corrected chi connectivity index (χ1v) is 15.2. The van der Waals surface area contributed by atoms with Crippen LogP contribution in [0.25, 0.3) is 0 Å². The number of anilines is 1. The lowest BCUT2D eigenvalue weighted by molar-refractivity contribution is -0.123. The van der Waals surface area contributed by atoms with Crippen molar-refractivity contribution in [3.63, 3.8) is 0 Å². The van der Waals surface area contributed by atoms with Crippen LogP contribution < -0.4 is 19.8 Å². The van der Waals surface area contributed by atoms with Crippen molar-refractivity contribution in [1.82, 2.24) is 10.7 Å². The Hall–Kier alpha value is -4.67. The number of halogens is 1. The average molecular weight is 619 g/mol. The molecule has 0 heterocycles. The van der Waals surface area contributed by atoms with Crippen LogP contribution in [0.2, 0.25) is 5.02 Å². The van der Waals surface area contributed by atoms with Crippen LogP contribution in [0.15, 0.2) is 107 Å². The van der Waals surface area contributed by atoms with Crippen molar-refractivity contribution >= 4 is 45.3 Å². The van der Waals surface area contributed by atoms with E-state index in [-0.39, 0.29) is 23.1 Å². The first kappa shape index (κ1) is 31.3. The van der Waals surface area contributed by atoms with Gasteiger partial charge < -0.3 is 10.1 Å². The van der Waals surface area contributed by atoms with Gasteiger partial charge in [-0.2, -0.15) is 5.10 Å². The molecule has 2 N–H and O–H groups in total. The first-order chi connectivity index (χ1) is 20.6. The Balaban J connectivity index is 1.35. The summed E-state index contributed by atoms with van der Waals surface area (Å²) in [6.45, 7) is 3.31. The molecule has 4 aromatic carbocycles. The van der Waals surface area contributed by atoms with Crippen LogP contribution in [0.3, 0.4) is 0 Å². The molecular formula is C32H31ClN4O5S. The minimum Gasteiger partial charge on any atom is -0.484 e. The molecule has 0 fully saturated rings. The fraction of sp³-hybridized carbons (Fsp3) is 0.156. The Morgan fingerprint density at radius 2 is 1.58 bits per heavy atom. The largest absolute Gasteiger partial charge is 0.484 e. The Kier molecular flexibility index (Phi) is 10.5. The highest BCUT2D eigenvalue weighted by molar-refractivity contribution is 7.92. The summed E-state index contributed by atoms with van der Waals surface area (Å²) in [6, 6.07) is 27.6. The van der Waals surface area contributed by atoms with E-state index in [9.17, 15) is 18.0 Å². The lowest BCUT2D eigenvalue weighted by atomic mass is 10.2. The molecule has 0 saturated heterocycles. The van der Waals surface area contributed by atoms with Crippen LogP contribution in [0.4, 0.5) is 5.69 Å². The fourth-order valence-electron chi connectivity index (χ4n) is 3.99. The maximum atomic E-state index is 13.6. The Bertz CT molecular complexity index is 1690. The lowest BCUT2D eigenvalue weighted by Crippen LogP contribution is -2.40. The average Bonchev–Trinajstić information content (AvgIpc) is 3.00. The Morgan fingerprint density at radius 3 is 2.28 bits per heavy atom. The Morgan fingerprint density at radius 1 is 0.884 bits per heavy atom. The van der Waals surface area contributed by atoms with Gasteiger partial charge in [0.05, 0.1) is 16.8 Å². The maximum absolute atomic E-state index is 13.6. The van der Waals surface area contributed by atoms with Gasteiger partial charge in [-0.15, -0.1) is 0 Å². The molecule has 0 spiro atoms. The molecule has 9 nitrogen and oxygen atoms in total. The van der Waals surface area contributed by atoms with Gasteiger partial charge in [-0.1, -0.05) is 65.7 Å². The first-order valence-electron chi connectivity index (χ1n) is 13.3. The number of carbonyl (C=O) groups excluding carboxylic acids is 2. The van der Waals surface area contributed by atoms with Crippen molar-refractivity contribution in [3.8, 4) is 5.75 Å². The van der Waals surface area contributed by atoms with Crippen LogP contribution in [0.1, 0.15) is 22.3 Å². The Labute approximate surface area is 256 Å². The summed E-state index contributed by atoms with van der Waals surface area (Å²) in [6.07, 6.45) is 1.41. The number of ether oxygens (including phenoxy) is 1. The zero-order chi connectivity index (χ0) is 30.8. The van der Waals surface area contributed by atoms with Gasteiger partial charge in [0.25, 0.3) is 21.8 Å². The van der Waals surface area contributed by atoms with Crippen molar-refractivity contribution < 1.29 is 22.7 Å². The van der Waals surface area contributed by atoms with E-state index in [2.05, 4.69) is 15.8 Å². The number of rotatable bonds is 12. The minimum absolute atomic E-state index is 0.0461. The fourth-order valence-corrected chi connectivity index (χ4v) is 5.64. The number of nitrogens with one attached hydrogen (secondary N) is 2. The van der Waals surface area contributed by atoms with E-state index < -0.39 is 22.5 Å². The van der Waals surface area contributed by atoms with Crippen molar-refractivity contribution in [2.24, 2.45) is 5.10 Å². The second kappa shape index (κ2) is 14.5. The van der Waals surface area contributed by atoms with Gasteiger partial charge >= 0.3 is 0 Å². The van der Waals surface area contributed by atoms with Crippen molar-refractivity contribution in [2.75, 3.05) is 17.5 Å². The highest BCUT2D eigenvalue weighted by atomic mass is 35.5. The topological polar surface area (TPSA) is 117 Å². The third-order valence-electron chi connectivity index (χ3n) is 6.39. The molecule has 2 amide bonds. The highest BCUT2D eigenvalue weighted by Crippen LogP contribution is 2.30. The molecule has 0 bridgehead atoms. The zero-order valence-electron chi connectivity index (χ0n) is 23.7. The number of hydrogen-bond donors (Lipinski definition) is 2. The predicted octanol–water partition coefficient (Wildman–Crippen LogP) is 5.00. The molecule has 0 atom stereocenters. The van der Waals surface area contributed by atoms with E-state index in [1.807, 2.05) is 37.3 Å². The van der Waals surface area contributed by atoms with E-state index in [0.29, 0.717) is 28.4 Å². The standard InChI is InChI=1S/C32H31ClN4O5S/c1-23-11-17-28(18-12-23)43(40,41)37(30-10-6-9-29(33)24(30)2)21-31(38)36-35-20-26-13-15-27(16-14-26)42-22-32(39)34-19-25-7-4-3-5-8-25/h3-18,20H,19,21-22H2,1-2H3,(H,34,39)(H,36,38)/b35-20-. The molecule has 222 valence electrons. The number of sulfonamides is 1. The molecule has 0 aliphatic heterocycles. The van der Waals surface area contributed by atoms with E-state index in [1.54, 1.807) is 61.5 Å². The van der Waals surface area contributed by atoms with Crippen LogP contribution in [0.5, 0.6) is 5.75 Å². The minimum atomic E-state index is -4.10. The molecule has 0 unspecified atom stereocenters. The lowest BCUT2D eigenvalue weighted by Gasteiger charge is -2.25. The third-order valence-corrected chi connectivity index (χ3v) is 8.57. The monoisotopic (exact) mass is 618 g/mol. The van der Waals surface area contributed by atoms with Crippen LogP contribution in [0, 0.1) is 13.8 Å². The van der Waals surface area contributed by atoms with Gasteiger partial charge in [0, 0.05) is 11.6 Å². The molecule has 0 saturated carbocycles. The molecular weight excluding hydrogens is 588 g/mol. The number of hydrazone groups is 1. The summed E-state index contributed by atoms with van der Waals surface area (Å²) < 4.78 is 33.7. The zero-order valence-corrected chi connectivity index (χ0v) is 25.2. The van der Waals surface area contributed by atoms with Crippen molar-refractivity contribution in [1.29, 1.82) is 0 Å². The third kappa shape index (κ3) is 8.67. The highest BCUT2D eigenvalue weighted by Gasteiger charge is 2.28. The van der Waals surface area contributed by atoms with Crippen LogP contribution in [-0.4, -0.2) is 39.6 Å². The molecule has 0 aromatic heterocycles. The molecule has 4 rings (SSSR count). The number of amides is 2. The van der Waals surface area contributed by atoms with Gasteiger partial charge in [0.2, 0.25) is 0 Å². The summed E-state index contributed by atoms with van der Waals surface area (Å²) in [4.78, 5) is 25.0. The summed E-state index contributed by atoms with van der Waals surface area (Å²) in [5.74, 6) is -0.402. The maximum Gasteiger partial charge on any atom is 0.264 e. The second-order valence-electron chi connectivity index (χ2n) is 9.62. The molecule has 0 aliphatic rings. The van der Waals surface area contributed by atoms with Gasteiger partial charge in [0.1, 0.15) is 12.3 Å². The van der Waals surface area contributed by atoms with Crippen LogP contribution >= 0.6 is 11.6 Å². The number of carbonyl (C=O) groups is 2. The summed E-state index contributed by atoms with van der Waals surface area (Å²) in [7, 11) is -4.10. The smallest absolute Gasteiger partial charge is 0.264 e. The van der Waals surface area contributed by atoms with E-state index in [4.69, 9.17) is 16.3 Å². The normalized spacial score (nSPS) is 11.2. The van der Waals surface area contributed by atoms with Gasteiger partial charge in [-0.3, -0.25) is 13.9 Å². The molecule has 0 aliphatic carbocycles. The summed E-state index contributed by atoms with van der Waals surface area (Å²) >= 11 is 6.27. The number of aryl methyl sites for hydroxylation is 1. The molecule has 4 aromatic rings. The van der Waals surface area contributed by atoms with Gasteiger partial charge in [-0.25, -0.2) is 13.8 Å². The van der Waals surface area contributed by atoms with Crippen molar-refractivity contribution in [2.45, 2.75) is 25.3 Å². The quantitative estimate of drug-likeness (QED) is 0.171. The van der Waals surface area contributed by atoms with Gasteiger partial charge in [-0.05, 0) is 79.1 Å². The molecule has 11 heteroatoms. The van der Waals surface area contributed by atoms with Crippen molar-refractivity contribution in [3.05, 3.63) is 124 Å². The van der Waals surface area contributed by atoms with E-state index in [0.717, 1.165) is 15.4 Å². The molecule has 43 heavy (non-hydrogen) atoms.